The largest absolute Gasteiger partial charge is 0.478 e. The van der Waals surface area contributed by atoms with Crippen molar-refractivity contribution in [3.05, 3.63) is 23.5 Å². The first-order valence-corrected chi connectivity index (χ1v) is 3.92. The molecule has 0 amide bonds. The Morgan fingerprint density at radius 2 is 2.15 bits per heavy atom. The lowest BCUT2D eigenvalue weighted by Crippen LogP contribution is -1.98. The Kier molecular flexibility index (Phi) is 2.51. The third-order valence-electron chi connectivity index (χ3n) is 2.02. The quantitative estimate of drug-likeness (QED) is 0.698. The van der Waals surface area contributed by atoms with Crippen LogP contribution >= 0.6 is 0 Å². The second-order valence-electron chi connectivity index (χ2n) is 2.96. The van der Waals surface area contributed by atoms with Gasteiger partial charge in [-0.25, -0.2) is 4.79 Å². The second kappa shape index (κ2) is 3.43. The maximum Gasteiger partial charge on any atom is 0.331 e. The fourth-order valence-corrected chi connectivity index (χ4v) is 0.992. The molecule has 70 valence electrons. The van der Waals surface area contributed by atoms with Crippen molar-refractivity contribution in [3.8, 4) is 0 Å². The van der Waals surface area contributed by atoms with Gasteiger partial charge in [0.2, 0.25) is 0 Å². The van der Waals surface area contributed by atoms with E-state index < -0.39 is 5.97 Å². The number of allylic oxidation sites excluding steroid dienone is 1. The van der Waals surface area contributed by atoms with Crippen molar-refractivity contribution in [1.29, 1.82) is 0 Å². The number of nitrogens with zero attached hydrogens (tertiary/aromatic N) is 2. The van der Waals surface area contributed by atoms with Crippen molar-refractivity contribution < 1.29 is 9.90 Å². The van der Waals surface area contributed by atoms with E-state index in [1.807, 2.05) is 0 Å². The van der Waals surface area contributed by atoms with Crippen LogP contribution in [0.25, 0.3) is 5.57 Å². The minimum Gasteiger partial charge on any atom is -0.478 e. The molecule has 13 heavy (non-hydrogen) atoms. The zero-order valence-corrected chi connectivity index (χ0v) is 7.90. The number of aliphatic carboxylic acids is 1. The molecule has 0 saturated carbocycles. The Hall–Kier alpha value is -1.58. The summed E-state index contributed by atoms with van der Waals surface area (Å²) in [5.41, 5.74) is 1.95. The van der Waals surface area contributed by atoms with Crippen LogP contribution in [-0.2, 0) is 11.8 Å². The molecule has 0 aliphatic heterocycles. The minimum absolute atomic E-state index is 0.355. The number of hydrogen-bond donors (Lipinski definition) is 1. The minimum atomic E-state index is -0.888. The van der Waals surface area contributed by atoms with Gasteiger partial charge in [-0.3, -0.25) is 4.68 Å². The van der Waals surface area contributed by atoms with E-state index in [0.717, 1.165) is 11.1 Å². The molecule has 0 atom stereocenters. The standard InChI is InChI=1S/C9H12N2O2/c1-6(7(2)9(12)13)8-4-10-11(3)5-8/h4-5H,1-3H3,(H,12,13)/b7-6+. The smallest absolute Gasteiger partial charge is 0.331 e. The molecule has 4 nitrogen and oxygen atoms in total. The van der Waals surface area contributed by atoms with E-state index in [1.165, 1.54) is 0 Å². The third-order valence-corrected chi connectivity index (χ3v) is 2.02. The number of carboxylic acid groups (broad SMARTS) is 1. The molecular formula is C9H12N2O2. The van der Waals surface area contributed by atoms with E-state index in [4.69, 9.17) is 5.11 Å². The number of rotatable bonds is 2. The van der Waals surface area contributed by atoms with E-state index in [0.29, 0.717) is 5.57 Å². The van der Waals surface area contributed by atoms with Crippen molar-refractivity contribution in [2.45, 2.75) is 13.8 Å². The summed E-state index contributed by atoms with van der Waals surface area (Å²) in [7, 11) is 1.80. The molecule has 1 N–H and O–H groups in total. The summed E-state index contributed by atoms with van der Waals surface area (Å²) in [4.78, 5) is 10.6. The van der Waals surface area contributed by atoms with Gasteiger partial charge in [0.1, 0.15) is 0 Å². The molecule has 0 unspecified atom stereocenters. The van der Waals surface area contributed by atoms with E-state index in [9.17, 15) is 4.79 Å². The molecule has 1 aromatic heterocycles. The first-order chi connectivity index (χ1) is 6.02. The highest BCUT2D eigenvalue weighted by atomic mass is 16.4. The van der Waals surface area contributed by atoms with E-state index in [-0.39, 0.29) is 0 Å². The van der Waals surface area contributed by atoms with Gasteiger partial charge >= 0.3 is 5.97 Å². The highest BCUT2D eigenvalue weighted by Gasteiger charge is 2.07. The van der Waals surface area contributed by atoms with E-state index in [1.54, 1.807) is 38.0 Å². The fourth-order valence-electron chi connectivity index (χ4n) is 0.992. The fraction of sp³-hybridized carbons (Fsp3) is 0.333. The summed E-state index contributed by atoms with van der Waals surface area (Å²) in [6.07, 6.45) is 3.45. The summed E-state index contributed by atoms with van der Waals surface area (Å²) in [5.74, 6) is -0.888. The molecule has 0 aliphatic carbocycles. The van der Waals surface area contributed by atoms with Crippen LogP contribution in [0.15, 0.2) is 18.0 Å². The van der Waals surface area contributed by atoms with Gasteiger partial charge < -0.3 is 5.11 Å². The molecule has 0 saturated heterocycles. The van der Waals surface area contributed by atoms with Gasteiger partial charge in [0.25, 0.3) is 0 Å². The molecule has 1 aromatic rings. The third kappa shape index (κ3) is 1.96. The maximum absolute atomic E-state index is 10.6. The molecule has 0 aromatic carbocycles. The first kappa shape index (κ1) is 9.51. The van der Waals surface area contributed by atoms with Crippen LogP contribution in [0.4, 0.5) is 0 Å². The number of aromatic nitrogens is 2. The van der Waals surface area contributed by atoms with Crippen molar-refractivity contribution >= 4 is 11.5 Å². The lowest BCUT2D eigenvalue weighted by Gasteiger charge is -1.99. The van der Waals surface area contributed by atoms with Gasteiger partial charge in [-0.2, -0.15) is 5.10 Å². The van der Waals surface area contributed by atoms with Crippen molar-refractivity contribution in [2.24, 2.45) is 7.05 Å². The Morgan fingerprint density at radius 3 is 2.54 bits per heavy atom. The van der Waals surface area contributed by atoms with Crippen LogP contribution in [0.3, 0.4) is 0 Å². The second-order valence-corrected chi connectivity index (χ2v) is 2.96. The molecule has 0 aliphatic rings. The van der Waals surface area contributed by atoms with Gasteiger partial charge in [-0.1, -0.05) is 0 Å². The molecule has 1 rings (SSSR count). The SMILES string of the molecule is C/C(C(=O)O)=C(/C)c1cnn(C)c1. The number of aryl methyl sites for hydroxylation is 1. The normalized spacial score (nSPS) is 12.5. The zero-order valence-electron chi connectivity index (χ0n) is 7.90. The number of hydrogen-bond acceptors (Lipinski definition) is 2. The number of carboxylic acids is 1. The predicted octanol–water partition coefficient (Wildman–Crippen LogP) is 1.30. The van der Waals surface area contributed by atoms with Crippen molar-refractivity contribution in [2.75, 3.05) is 0 Å². The van der Waals surface area contributed by atoms with Crippen LogP contribution in [0.1, 0.15) is 19.4 Å². The van der Waals surface area contributed by atoms with Crippen LogP contribution < -0.4 is 0 Å². The molecular weight excluding hydrogens is 168 g/mol. The summed E-state index contributed by atoms with van der Waals surface area (Å²) < 4.78 is 1.65. The molecule has 0 bridgehead atoms. The topological polar surface area (TPSA) is 55.1 Å². The molecule has 0 fully saturated rings. The van der Waals surface area contributed by atoms with Crippen LogP contribution in [-0.4, -0.2) is 20.9 Å². The Bertz CT molecular complexity index is 363. The molecule has 4 heteroatoms. The Balaban J connectivity index is 3.09. The van der Waals surface area contributed by atoms with Gasteiger partial charge in [0.05, 0.1) is 6.20 Å². The summed E-state index contributed by atoms with van der Waals surface area (Å²) in [5, 5.41) is 12.7. The maximum atomic E-state index is 10.6. The van der Waals surface area contributed by atoms with Crippen LogP contribution in [0.2, 0.25) is 0 Å². The summed E-state index contributed by atoms with van der Waals surface area (Å²) in [6.45, 7) is 3.37. The first-order valence-electron chi connectivity index (χ1n) is 3.92. The summed E-state index contributed by atoms with van der Waals surface area (Å²) >= 11 is 0. The predicted molar refractivity (Wildman–Crippen MR) is 49.1 cm³/mol. The summed E-state index contributed by atoms with van der Waals surface area (Å²) in [6, 6.07) is 0. The average molecular weight is 180 g/mol. The highest BCUT2D eigenvalue weighted by molar-refractivity contribution is 5.95. The Morgan fingerprint density at radius 1 is 1.54 bits per heavy atom. The Labute approximate surface area is 76.5 Å². The zero-order chi connectivity index (χ0) is 10.0. The van der Waals surface area contributed by atoms with Gasteiger partial charge in [0, 0.05) is 24.4 Å². The lowest BCUT2D eigenvalue weighted by molar-refractivity contribution is -0.132. The van der Waals surface area contributed by atoms with Gasteiger partial charge in [-0.15, -0.1) is 0 Å². The van der Waals surface area contributed by atoms with Gasteiger partial charge in [0.15, 0.2) is 0 Å². The van der Waals surface area contributed by atoms with E-state index in [2.05, 4.69) is 5.10 Å². The van der Waals surface area contributed by atoms with Crippen LogP contribution in [0.5, 0.6) is 0 Å². The monoisotopic (exact) mass is 180 g/mol. The average Bonchev–Trinajstić information content (AvgIpc) is 2.49. The van der Waals surface area contributed by atoms with Crippen LogP contribution in [0, 0.1) is 0 Å². The molecule has 0 radical (unpaired) electrons. The van der Waals surface area contributed by atoms with E-state index >= 15 is 0 Å². The molecule has 1 heterocycles. The number of carbonyl (C=O) groups is 1. The van der Waals surface area contributed by atoms with Crippen molar-refractivity contribution in [3.63, 3.8) is 0 Å². The lowest BCUT2D eigenvalue weighted by atomic mass is 10.1. The van der Waals surface area contributed by atoms with Crippen molar-refractivity contribution in [1.82, 2.24) is 9.78 Å². The van der Waals surface area contributed by atoms with Gasteiger partial charge in [-0.05, 0) is 19.4 Å². The molecule has 0 spiro atoms. The highest BCUT2D eigenvalue weighted by Crippen LogP contribution is 2.16.